The number of sulfone groups is 1. The molecule has 5 nitrogen and oxygen atoms in total. The summed E-state index contributed by atoms with van der Waals surface area (Å²) in [5.41, 5.74) is 6.02. The van der Waals surface area contributed by atoms with Gasteiger partial charge >= 0.3 is 0 Å². The molecular formula is C12H23N3O2S. The van der Waals surface area contributed by atoms with Crippen molar-refractivity contribution in [2.45, 2.75) is 44.6 Å². The highest BCUT2D eigenvalue weighted by Crippen LogP contribution is 2.20. The van der Waals surface area contributed by atoms with Crippen molar-refractivity contribution in [3.63, 3.8) is 0 Å². The van der Waals surface area contributed by atoms with Crippen LogP contribution in [0.15, 0.2) is 4.99 Å². The zero-order valence-corrected chi connectivity index (χ0v) is 11.7. The number of guanidine groups is 1. The lowest BCUT2D eigenvalue weighted by Crippen LogP contribution is -2.40. The van der Waals surface area contributed by atoms with Gasteiger partial charge in [0.05, 0.1) is 17.5 Å². The molecule has 0 radical (unpaired) electrons. The summed E-state index contributed by atoms with van der Waals surface area (Å²) in [4.78, 5) is 6.50. The van der Waals surface area contributed by atoms with Gasteiger partial charge in [-0.3, -0.25) is 0 Å². The lowest BCUT2D eigenvalue weighted by atomic mass is 9.96. The summed E-state index contributed by atoms with van der Waals surface area (Å²) < 4.78 is 23.0. The molecule has 2 rings (SSSR count). The van der Waals surface area contributed by atoms with Crippen molar-refractivity contribution < 1.29 is 8.42 Å². The van der Waals surface area contributed by atoms with Crippen molar-refractivity contribution in [2.75, 3.05) is 24.6 Å². The molecule has 18 heavy (non-hydrogen) atoms. The van der Waals surface area contributed by atoms with E-state index < -0.39 is 9.84 Å². The predicted molar refractivity (Wildman–Crippen MR) is 73.3 cm³/mol. The van der Waals surface area contributed by atoms with Crippen LogP contribution in [0.1, 0.15) is 38.5 Å². The first-order valence-electron chi connectivity index (χ1n) is 6.85. The zero-order chi connectivity index (χ0) is 13.0. The van der Waals surface area contributed by atoms with Crippen molar-refractivity contribution in [3.05, 3.63) is 0 Å². The molecule has 1 aliphatic heterocycles. The van der Waals surface area contributed by atoms with E-state index in [0.29, 0.717) is 31.5 Å². The average Bonchev–Trinajstić information content (AvgIpc) is 2.51. The zero-order valence-electron chi connectivity index (χ0n) is 10.8. The average molecular weight is 273 g/mol. The molecule has 0 unspecified atom stereocenters. The van der Waals surface area contributed by atoms with Crippen LogP contribution < -0.4 is 5.73 Å². The van der Waals surface area contributed by atoms with E-state index in [1.54, 1.807) is 0 Å². The van der Waals surface area contributed by atoms with Crippen molar-refractivity contribution in [2.24, 2.45) is 10.7 Å². The molecule has 0 atom stereocenters. The molecule has 104 valence electrons. The van der Waals surface area contributed by atoms with E-state index in [0.717, 1.165) is 12.8 Å². The van der Waals surface area contributed by atoms with Crippen LogP contribution in [0.5, 0.6) is 0 Å². The first-order valence-corrected chi connectivity index (χ1v) is 8.68. The standard InChI is InChI=1S/C12H23N3O2S/c13-12(14-11-5-2-1-3-6-11)15-7-4-9-18(16,17)10-8-15/h11H,1-10H2,(H2,13,14). The van der Waals surface area contributed by atoms with Gasteiger partial charge in [0.15, 0.2) is 15.8 Å². The molecule has 0 amide bonds. The SMILES string of the molecule is NC(=NC1CCCCC1)N1CCCS(=O)(=O)CC1. The number of hydrogen-bond donors (Lipinski definition) is 1. The van der Waals surface area contributed by atoms with Gasteiger partial charge in [-0.25, -0.2) is 13.4 Å². The van der Waals surface area contributed by atoms with Crippen LogP contribution in [0.4, 0.5) is 0 Å². The summed E-state index contributed by atoms with van der Waals surface area (Å²) in [5, 5.41) is 0. The lowest BCUT2D eigenvalue weighted by Gasteiger charge is -2.24. The number of rotatable bonds is 1. The number of nitrogens with two attached hydrogens (primary N) is 1. The summed E-state index contributed by atoms with van der Waals surface area (Å²) in [6.07, 6.45) is 6.66. The fourth-order valence-corrected chi connectivity index (χ4v) is 3.92. The third-order valence-corrected chi connectivity index (χ3v) is 5.48. The molecule has 0 spiro atoms. The van der Waals surface area contributed by atoms with Crippen molar-refractivity contribution in [3.8, 4) is 0 Å². The Hall–Kier alpha value is -0.780. The molecule has 0 aromatic carbocycles. The Balaban J connectivity index is 1.95. The molecule has 0 bridgehead atoms. The minimum atomic E-state index is -2.87. The molecule has 1 saturated carbocycles. The van der Waals surface area contributed by atoms with Gasteiger partial charge in [-0.05, 0) is 19.3 Å². The van der Waals surface area contributed by atoms with Crippen molar-refractivity contribution in [1.82, 2.24) is 4.90 Å². The van der Waals surface area contributed by atoms with Crippen molar-refractivity contribution >= 4 is 15.8 Å². The van der Waals surface area contributed by atoms with Crippen molar-refractivity contribution in [1.29, 1.82) is 0 Å². The minimum Gasteiger partial charge on any atom is -0.370 e. The summed E-state index contributed by atoms with van der Waals surface area (Å²) in [6.45, 7) is 1.20. The molecule has 2 aliphatic rings. The summed E-state index contributed by atoms with van der Waals surface area (Å²) in [5.74, 6) is 1.02. The van der Waals surface area contributed by atoms with Crippen LogP contribution in [0.25, 0.3) is 0 Å². The molecule has 2 fully saturated rings. The van der Waals surface area contributed by atoms with Gasteiger partial charge in [0.25, 0.3) is 0 Å². The Labute approximate surface area is 109 Å². The van der Waals surface area contributed by atoms with Gasteiger partial charge in [-0.15, -0.1) is 0 Å². The number of hydrogen-bond acceptors (Lipinski definition) is 3. The lowest BCUT2D eigenvalue weighted by molar-refractivity contribution is 0.414. The molecular weight excluding hydrogens is 250 g/mol. The van der Waals surface area contributed by atoms with E-state index in [4.69, 9.17) is 5.73 Å². The van der Waals surface area contributed by atoms with E-state index in [1.807, 2.05) is 4.90 Å². The summed E-state index contributed by atoms with van der Waals surface area (Å²) in [7, 11) is -2.87. The van der Waals surface area contributed by atoms with Crippen LogP contribution in [0.3, 0.4) is 0 Å². The van der Waals surface area contributed by atoms with E-state index in [2.05, 4.69) is 4.99 Å². The number of aliphatic imine (C=N–C) groups is 1. The fourth-order valence-electron chi connectivity index (χ4n) is 2.65. The maximum atomic E-state index is 11.5. The Morgan fingerprint density at radius 2 is 1.78 bits per heavy atom. The Kier molecular flexibility index (Phi) is 4.48. The second-order valence-electron chi connectivity index (χ2n) is 5.27. The summed E-state index contributed by atoms with van der Waals surface area (Å²) >= 11 is 0. The third kappa shape index (κ3) is 3.86. The molecule has 1 heterocycles. The van der Waals surface area contributed by atoms with Crippen LogP contribution in [0.2, 0.25) is 0 Å². The second kappa shape index (κ2) is 5.91. The van der Waals surface area contributed by atoms with E-state index in [9.17, 15) is 8.42 Å². The van der Waals surface area contributed by atoms with E-state index in [-0.39, 0.29) is 11.5 Å². The van der Waals surface area contributed by atoms with Gasteiger partial charge in [-0.1, -0.05) is 19.3 Å². The highest BCUT2D eigenvalue weighted by atomic mass is 32.2. The second-order valence-corrected chi connectivity index (χ2v) is 7.58. The summed E-state index contributed by atoms with van der Waals surface area (Å²) in [6, 6.07) is 0.346. The van der Waals surface area contributed by atoms with E-state index in [1.165, 1.54) is 19.3 Å². The number of nitrogens with zero attached hydrogens (tertiary/aromatic N) is 2. The normalized spacial score (nSPS) is 26.9. The van der Waals surface area contributed by atoms with E-state index >= 15 is 0 Å². The van der Waals surface area contributed by atoms with Crippen LogP contribution >= 0.6 is 0 Å². The van der Waals surface area contributed by atoms with Crippen LogP contribution in [-0.2, 0) is 9.84 Å². The monoisotopic (exact) mass is 273 g/mol. The highest BCUT2D eigenvalue weighted by Gasteiger charge is 2.21. The minimum absolute atomic E-state index is 0.202. The maximum absolute atomic E-state index is 11.5. The Morgan fingerprint density at radius 1 is 1.06 bits per heavy atom. The quantitative estimate of drug-likeness (QED) is 0.565. The van der Waals surface area contributed by atoms with Gasteiger partial charge < -0.3 is 10.6 Å². The first kappa shape index (κ1) is 13.6. The molecule has 2 N–H and O–H groups in total. The van der Waals surface area contributed by atoms with Crippen LogP contribution in [0, 0.1) is 0 Å². The molecule has 1 saturated heterocycles. The van der Waals surface area contributed by atoms with Gasteiger partial charge in [0, 0.05) is 13.1 Å². The first-order chi connectivity index (χ1) is 8.57. The topological polar surface area (TPSA) is 75.8 Å². The molecule has 0 aromatic rings. The fraction of sp³-hybridized carbons (Fsp3) is 0.917. The molecule has 0 aromatic heterocycles. The molecule has 6 heteroatoms. The maximum Gasteiger partial charge on any atom is 0.191 e. The van der Waals surface area contributed by atoms with Gasteiger partial charge in [-0.2, -0.15) is 0 Å². The predicted octanol–water partition coefficient (Wildman–Crippen LogP) is 0.754. The Bertz CT molecular complexity index is 400. The van der Waals surface area contributed by atoms with Gasteiger partial charge in [0.1, 0.15) is 0 Å². The highest BCUT2D eigenvalue weighted by molar-refractivity contribution is 7.91. The Morgan fingerprint density at radius 3 is 2.50 bits per heavy atom. The third-order valence-electron chi connectivity index (χ3n) is 3.77. The largest absolute Gasteiger partial charge is 0.370 e. The van der Waals surface area contributed by atoms with Gasteiger partial charge in [0.2, 0.25) is 0 Å². The molecule has 1 aliphatic carbocycles. The smallest absolute Gasteiger partial charge is 0.191 e. The van der Waals surface area contributed by atoms with Crippen LogP contribution in [-0.4, -0.2) is 49.9 Å².